The minimum absolute atomic E-state index is 0.182. The van der Waals surface area contributed by atoms with Crippen molar-refractivity contribution in [3.8, 4) is 0 Å². The molecule has 0 aromatic heterocycles. The second-order valence-electron chi connectivity index (χ2n) is 5.84. The van der Waals surface area contributed by atoms with Crippen LogP contribution in [0.5, 0.6) is 0 Å². The summed E-state index contributed by atoms with van der Waals surface area (Å²) in [6.07, 6.45) is 7.46. The van der Waals surface area contributed by atoms with Gasteiger partial charge in [0.2, 0.25) is 0 Å². The Hall–Kier alpha value is -0.170. The predicted octanol–water partition coefficient (Wildman–Crippen LogP) is 1.25. The summed E-state index contributed by atoms with van der Waals surface area (Å²) in [6.45, 7) is 1.82. The molecule has 0 unspecified atom stereocenters. The molecule has 1 saturated heterocycles. The number of hydrogen-bond acceptors (Lipinski definition) is 3. The molecular formula is C13H26N2O3S. The van der Waals surface area contributed by atoms with Crippen LogP contribution in [0.2, 0.25) is 0 Å². The molecule has 112 valence electrons. The first kappa shape index (κ1) is 15.2. The molecule has 5 nitrogen and oxygen atoms in total. The lowest BCUT2D eigenvalue weighted by molar-refractivity contribution is 0.109. The van der Waals surface area contributed by atoms with Crippen LogP contribution in [0.3, 0.4) is 0 Å². The van der Waals surface area contributed by atoms with Crippen LogP contribution in [0.4, 0.5) is 0 Å². The molecule has 1 aliphatic carbocycles. The van der Waals surface area contributed by atoms with Gasteiger partial charge in [-0.05, 0) is 44.4 Å². The standard InChI is InChI=1S/C13H26N2O3S/c16-13-7-5-12(6-8-13)11-14-19(17,18)15-9-3-1-2-4-10-15/h12-14,16H,1-11H2. The minimum Gasteiger partial charge on any atom is -0.393 e. The Bertz CT molecular complexity index is 356. The molecule has 0 aromatic carbocycles. The number of aliphatic hydroxyl groups excluding tert-OH is 1. The number of nitrogens with one attached hydrogen (secondary N) is 1. The molecule has 1 heterocycles. The lowest BCUT2D eigenvalue weighted by Gasteiger charge is -2.27. The van der Waals surface area contributed by atoms with E-state index in [1.807, 2.05) is 0 Å². The summed E-state index contributed by atoms with van der Waals surface area (Å²) >= 11 is 0. The van der Waals surface area contributed by atoms with Crippen LogP contribution in [0, 0.1) is 5.92 Å². The molecule has 0 atom stereocenters. The molecular weight excluding hydrogens is 264 g/mol. The van der Waals surface area contributed by atoms with E-state index in [0.29, 0.717) is 25.6 Å². The largest absolute Gasteiger partial charge is 0.393 e. The van der Waals surface area contributed by atoms with E-state index in [-0.39, 0.29) is 6.10 Å². The van der Waals surface area contributed by atoms with Gasteiger partial charge in [0.25, 0.3) is 10.2 Å². The van der Waals surface area contributed by atoms with Crippen LogP contribution in [0.25, 0.3) is 0 Å². The van der Waals surface area contributed by atoms with Crippen LogP contribution in [0.1, 0.15) is 51.4 Å². The zero-order chi connectivity index (χ0) is 13.7. The highest BCUT2D eigenvalue weighted by molar-refractivity contribution is 7.87. The average Bonchev–Trinajstić information content (AvgIpc) is 2.67. The molecule has 6 heteroatoms. The van der Waals surface area contributed by atoms with Crippen molar-refractivity contribution >= 4 is 10.2 Å². The SMILES string of the molecule is O=S(=O)(NCC1CCC(O)CC1)N1CCCCCC1. The maximum absolute atomic E-state index is 12.2. The summed E-state index contributed by atoms with van der Waals surface area (Å²) in [6, 6.07) is 0. The molecule has 2 fully saturated rings. The Morgan fingerprint density at radius 2 is 1.58 bits per heavy atom. The smallest absolute Gasteiger partial charge is 0.279 e. The van der Waals surface area contributed by atoms with Gasteiger partial charge in [0.15, 0.2) is 0 Å². The highest BCUT2D eigenvalue weighted by Gasteiger charge is 2.25. The Labute approximate surface area is 116 Å². The van der Waals surface area contributed by atoms with E-state index in [1.165, 1.54) is 0 Å². The molecule has 1 aliphatic heterocycles. The average molecular weight is 290 g/mol. The molecule has 0 bridgehead atoms. The van der Waals surface area contributed by atoms with Crippen LogP contribution in [-0.2, 0) is 10.2 Å². The third-order valence-electron chi connectivity index (χ3n) is 4.28. The summed E-state index contributed by atoms with van der Waals surface area (Å²) in [5.74, 6) is 0.380. The zero-order valence-electron chi connectivity index (χ0n) is 11.6. The molecule has 0 radical (unpaired) electrons. The molecule has 2 rings (SSSR count). The summed E-state index contributed by atoms with van der Waals surface area (Å²) in [7, 11) is -3.30. The molecule has 0 aromatic rings. The molecule has 0 amide bonds. The summed E-state index contributed by atoms with van der Waals surface area (Å²) in [4.78, 5) is 0. The molecule has 2 N–H and O–H groups in total. The fourth-order valence-electron chi connectivity index (χ4n) is 2.95. The molecule has 2 aliphatic rings. The highest BCUT2D eigenvalue weighted by Crippen LogP contribution is 2.23. The van der Waals surface area contributed by atoms with Gasteiger partial charge in [-0.1, -0.05) is 12.8 Å². The van der Waals surface area contributed by atoms with E-state index in [2.05, 4.69) is 4.72 Å². The van der Waals surface area contributed by atoms with Gasteiger partial charge in [-0.25, -0.2) is 4.72 Å². The second-order valence-corrected chi connectivity index (χ2v) is 7.60. The summed E-state index contributed by atoms with van der Waals surface area (Å²) < 4.78 is 28.8. The van der Waals surface area contributed by atoms with Crippen molar-refractivity contribution in [3.05, 3.63) is 0 Å². The van der Waals surface area contributed by atoms with Gasteiger partial charge in [0.1, 0.15) is 0 Å². The van der Waals surface area contributed by atoms with E-state index in [9.17, 15) is 13.5 Å². The third-order valence-corrected chi connectivity index (χ3v) is 5.85. The Kier molecular flexibility index (Phi) is 5.62. The fourth-order valence-corrected chi connectivity index (χ4v) is 4.31. The van der Waals surface area contributed by atoms with Crippen LogP contribution in [-0.4, -0.2) is 43.6 Å². The van der Waals surface area contributed by atoms with Gasteiger partial charge >= 0.3 is 0 Å². The monoisotopic (exact) mass is 290 g/mol. The van der Waals surface area contributed by atoms with Crippen molar-refractivity contribution in [3.63, 3.8) is 0 Å². The first-order valence-electron chi connectivity index (χ1n) is 7.51. The Balaban J connectivity index is 1.79. The number of nitrogens with zero attached hydrogens (tertiary/aromatic N) is 1. The quantitative estimate of drug-likeness (QED) is 0.818. The van der Waals surface area contributed by atoms with E-state index < -0.39 is 10.2 Å². The summed E-state index contributed by atoms with van der Waals surface area (Å²) in [5.41, 5.74) is 0. The molecule has 19 heavy (non-hydrogen) atoms. The van der Waals surface area contributed by atoms with Crippen molar-refractivity contribution in [1.29, 1.82) is 0 Å². The van der Waals surface area contributed by atoms with Gasteiger partial charge in [-0.3, -0.25) is 0 Å². The molecule has 0 spiro atoms. The van der Waals surface area contributed by atoms with Gasteiger partial charge in [0.05, 0.1) is 6.10 Å². The maximum Gasteiger partial charge on any atom is 0.279 e. The van der Waals surface area contributed by atoms with E-state index in [1.54, 1.807) is 4.31 Å². The summed E-state index contributed by atoms with van der Waals surface area (Å²) in [5, 5.41) is 9.44. The Morgan fingerprint density at radius 1 is 1.00 bits per heavy atom. The number of aliphatic hydroxyl groups is 1. The van der Waals surface area contributed by atoms with Crippen molar-refractivity contribution in [2.75, 3.05) is 19.6 Å². The van der Waals surface area contributed by atoms with Gasteiger partial charge in [-0.15, -0.1) is 0 Å². The lowest BCUT2D eigenvalue weighted by Crippen LogP contribution is -2.43. The first-order chi connectivity index (χ1) is 9.08. The van der Waals surface area contributed by atoms with Crippen molar-refractivity contribution < 1.29 is 13.5 Å². The van der Waals surface area contributed by atoms with Crippen molar-refractivity contribution in [2.45, 2.75) is 57.5 Å². The van der Waals surface area contributed by atoms with E-state index in [4.69, 9.17) is 0 Å². The van der Waals surface area contributed by atoms with Crippen LogP contribution >= 0.6 is 0 Å². The zero-order valence-corrected chi connectivity index (χ0v) is 12.4. The highest BCUT2D eigenvalue weighted by atomic mass is 32.2. The lowest BCUT2D eigenvalue weighted by atomic mass is 9.88. The first-order valence-corrected chi connectivity index (χ1v) is 8.95. The van der Waals surface area contributed by atoms with Crippen LogP contribution in [0.15, 0.2) is 0 Å². The second kappa shape index (κ2) is 7.02. The van der Waals surface area contributed by atoms with Gasteiger partial charge in [0, 0.05) is 19.6 Å². The fraction of sp³-hybridized carbons (Fsp3) is 1.00. The van der Waals surface area contributed by atoms with Crippen LogP contribution < -0.4 is 4.72 Å². The van der Waals surface area contributed by atoms with Crippen molar-refractivity contribution in [1.82, 2.24) is 9.03 Å². The maximum atomic E-state index is 12.2. The third kappa shape index (κ3) is 4.70. The van der Waals surface area contributed by atoms with Crippen molar-refractivity contribution in [2.24, 2.45) is 5.92 Å². The van der Waals surface area contributed by atoms with Gasteiger partial charge in [-0.2, -0.15) is 12.7 Å². The normalized spacial score (nSPS) is 31.0. The molecule has 1 saturated carbocycles. The minimum atomic E-state index is -3.30. The predicted molar refractivity (Wildman–Crippen MR) is 74.9 cm³/mol. The Morgan fingerprint density at radius 3 is 2.16 bits per heavy atom. The van der Waals surface area contributed by atoms with Gasteiger partial charge < -0.3 is 5.11 Å². The van der Waals surface area contributed by atoms with E-state index in [0.717, 1.165) is 51.4 Å². The number of hydrogen-bond donors (Lipinski definition) is 2. The van der Waals surface area contributed by atoms with E-state index >= 15 is 0 Å². The number of rotatable bonds is 4. The topological polar surface area (TPSA) is 69.6 Å².